The predicted octanol–water partition coefficient (Wildman–Crippen LogP) is 5.37. The number of hydrogen-bond acceptors (Lipinski definition) is 6. The van der Waals surface area contributed by atoms with Gasteiger partial charge in [-0.25, -0.2) is 4.79 Å². The molecule has 0 aliphatic carbocycles. The van der Waals surface area contributed by atoms with Gasteiger partial charge in [0.1, 0.15) is 17.3 Å². The lowest BCUT2D eigenvalue weighted by atomic mass is 9.91. The molecular weight excluding hydrogens is 520 g/mol. The molecule has 0 saturated carbocycles. The van der Waals surface area contributed by atoms with Gasteiger partial charge in [-0.3, -0.25) is 4.90 Å². The van der Waals surface area contributed by atoms with E-state index in [2.05, 4.69) is 51.1 Å². The van der Waals surface area contributed by atoms with Gasteiger partial charge in [0.2, 0.25) is 0 Å². The molecule has 2 aromatic carbocycles. The highest BCUT2D eigenvalue weighted by Gasteiger charge is 2.67. The van der Waals surface area contributed by atoms with Gasteiger partial charge in [-0.05, 0) is 57.0 Å². The Morgan fingerprint density at radius 1 is 0.975 bits per heavy atom. The smallest absolute Gasteiger partial charge is 0.411 e. The molecule has 4 atom stereocenters. The van der Waals surface area contributed by atoms with Gasteiger partial charge in [-0.2, -0.15) is 5.26 Å². The first kappa shape index (κ1) is 30.3. The molecule has 0 unspecified atom stereocenters. The Bertz CT molecular complexity index is 1190. The molecule has 2 aliphatic heterocycles. The summed E-state index contributed by atoms with van der Waals surface area (Å²) >= 11 is 0. The topological polar surface area (TPSA) is 81.0 Å². The van der Waals surface area contributed by atoms with Crippen LogP contribution in [0.3, 0.4) is 0 Å². The molecule has 2 heterocycles. The minimum atomic E-state index is -2.91. The van der Waals surface area contributed by atoms with Crippen LogP contribution in [0.1, 0.15) is 68.7 Å². The molecule has 40 heavy (non-hydrogen) atoms. The summed E-state index contributed by atoms with van der Waals surface area (Å²) in [6.07, 6.45) is -0.919. The quantitative estimate of drug-likeness (QED) is 0.439. The zero-order valence-corrected chi connectivity index (χ0v) is 26.4. The second kappa shape index (κ2) is 10.6. The average Bonchev–Trinajstić information content (AvgIpc) is 3.22. The van der Waals surface area contributed by atoms with Gasteiger partial charge < -0.3 is 18.6 Å². The van der Waals surface area contributed by atoms with Crippen molar-refractivity contribution < 1.29 is 23.4 Å². The average molecular weight is 565 g/mol. The first-order valence-corrected chi connectivity index (χ1v) is 16.0. The van der Waals surface area contributed by atoms with Crippen molar-refractivity contribution in [3.8, 4) is 6.07 Å². The fourth-order valence-corrected chi connectivity index (χ4v) is 11.1. The van der Waals surface area contributed by atoms with Crippen LogP contribution in [0.15, 0.2) is 60.7 Å². The van der Waals surface area contributed by atoms with E-state index in [1.54, 1.807) is 4.90 Å². The van der Waals surface area contributed by atoms with E-state index in [4.69, 9.17) is 18.6 Å². The van der Waals surface area contributed by atoms with E-state index in [9.17, 15) is 10.1 Å². The van der Waals surface area contributed by atoms with Crippen LogP contribution in [0.2, 0.25) is 5.04 Å². The summed E-state index contributed by atoms with van der Waals surface area (Å²) < 4.78 is 26.1. The molecule has 0 bridgehead atoms. The number of benzene rings is 2. The lowest BCUT2D eigenvalue weighted by Gasteiger charge is -2.44. The summed E-state index contributed by atoms with van der Waals surface area (Å²) in [5, 5.41) is 11.9. The van der Waals surface area contributed by atoms with Crippen LogP contribution in [0.5, 0.6) is 0 Å². The second-order valence-electron chi connectivity index (χ2n) is 13.5. The maximum Gasteiger partial charge on any atom is 0.411 e. The monoisotopic (exact) mass is 564 g/mol. The lowest BCUT2D eigenvalue weighted by Crippen LogP contribution is -2.67. The third-order valence-electron chi connectivity index (χ3n) is 7.92. The molecule has 0 N–H and O–H groups in total. The van der Waals surface area contributed by atoms with Crippen LogP contribution < -0.4 is 10.4 Å². The Kier molecular flexibility index (Phi) is 8.02. The number of nitrogens with zero attached hydrogens (tertiary/aromatic N) is 2. The van der Waals surface area contributed by atoms with Crippen molar-refractivity contribution >= 4 is 24.8 Å². The van der Waals surface area contributed by atoms with Gasteiger partial charge in [0.05, 0.1) is 31.2 Å². The molecule has 2 aliphatic rings. The molecule has 7 nitrogen and oxygen atoms in total. The number of carbonyl (C=O) groups excluding carboxylic acids is 1. The van der Waals surface area contributed by atoms with Crippen molar-refractivity contribution in [2.75, 3.05) is 6.61 Å². The molecule has 216 valence electrons. The Balaban J connectivity index is 1.84. The first-order chi connectivity index (χ1) is 18.6. The maximum absolute atomic E-state index is 13.8. The lowest BCUT2D eigenvalue weighted by molar-refractivity contribution is -0.182. The predicted molar refractivity (Wildman–Crippen MR) is 158 cm³/mol. The minimum absolute atomic E-state index is 0.0847. The van der Waals surface area contributed by atoms with Gasteiger partial charge in [0.15, 0.2) is 5.79 Å². The molecule has 1 amide bonds. The van der Waals surface area contributed by atoms with Crippen LogP contribution in [0.25, 0.3) is 0 Å². The SMILES string of the molecule is CC(C)(C)OC(=O)N1[C@H](CO[Si](c2ccccc2)(c2ccccc2)C(C)(C)C)[C@H]2OC(C)(C)O[C@@]2(C)[C@@H]1CC#N. The van der Waals surface area contributed by atoms with Gasteiger partial charge >= 0.3 is 6.09 Å². The molecule has 0 aromatic heterocycles. The van der Waals surface area contributed by atoms with Crippen LogP contribution >= 0.6 is 0 Å². The molecule has 0 spiro atoms. The van der Waals surface area contributed by atoms with Crippen LogP contribution in [0, 0.1) is 11.3 Å². The summed E-state index contributed by atoms with van der Waals surface area (Å²) in [5.41, 5.74) is -1.62. The molecule has 4 rings (SSSR count). The van der Waals surface area contributed by atoms with E-state index in [1.165, 1.54) is 0 Å². The van der Waals surface area contributed by atoms with E-state index in [0.29, 0.717) is 0 Å². The Morgan fingerprint density at radius 2 is 1.50 bits per heavy atom. The van der Waals surface area contributed by atoms with E-state index < -0.39 is 49.6 Å². The molecule has 2 saturated heterocycles. The zero-order valence-electron chi connectivity index (χ0n) is 25.4. The number of likely N-dealkylation sites (tertiary alicyclic amines) is 1. The van der Waals surface area contributed by atoms with Crippen LogP contribution in [0.4, 0.5) is 4.79 Å². The summed E-state index contributed by atoms with van der Waals surface area (Å²) in [5.74, 6) is -0.872. The standard InChI is InChI=1S/C32H44N2O5Si/c1-29(2,3)38-28(35)34-25(27-32(9,26(34)20-21-33)39-31(7,8)37-27)22-36-40(30(4,5)6,23-16-12-10-13-17-23)24-18-14-11-15-19-24/h10-19,25-27H,20,22H2,1-9H3/t25-,26+,27-,32+/m1/s1. The number of nitriles is 1. The van der Waals surface area contributed by atoms with Crippen LogP contribution in [-0.4, -0.2) is 61.1 Å². The largest absolute Gasteiger partial charge is 0.444 e. The van der Waals surface area contributed by atoms with Crippen molar-refractivity contribution in [1.29, 1.82) is 5.26 Å². The summed E-state index contributed by atoms with van der Waals surface area (Å²) in [6, 6.07) is 22.0. The van der Waals surface area contributed by atoms with Crippen molar-refractivity contribution in [2.24, 2.45) is 0 Å². The summed E-state index contributed by atoms with van der Waals surface area (Å²) in [4.78, 5) is 15.5. The van der Waals surface area contributed by atoms with E-state index >= 15 is 0 Å². The summed E-state index contributed by atoms with van der Waals surface area (Å²) in [6.45, 7) is 18.1. The van der Waals surface area contributed by atoms with Crippen molar-refractivity contribution in [2.45, 2.75) is 109 Å². The Hall–Kier alpha value is -2.70. The van der Waals surface area contributed by atoms with Crippen molar-refractivity contribution in [3.63, 3.8) is 0 Å². The number of carbonyl (C=O) groups is 1. The van der Waals surface area contributed by atoms with Crippen molar-refractivity contribution in [3.05, 3.63) is 60.7 Å². The minimum Gasteiger partial charge on any atom is -0.444 e. The van der Waals surface area contributed by atoms with E-state index in [-0.39, 0.29) is 18.1 Å². The van der Waals surface area contributed by atoms with Gasteiger partial charge in [-0.15, -0.1) is 0 Å². The molecule has 2 aromatic rings. The fourth-order valence-electron chi connectivity index (χ4n) is 6.51. The highest BCUT2D eigenvalue weighted by molar-refractivity contribution is 6.99. The van der Waals surface area contributed by atoms with Crippen LogP contribution in [-0.2, 0) is 18.6 Å². The highest BCUT2D eigenvalue weighted by atomic mass is 28.4. The molecule has 0 radical (unpaired) electrons. The van der Waals surface area contributed by atoms with E-state index in [1.807, 2.05) is 77.9 Å². The third kappa shape index (κ3) is 5.45. The molecule has 8 heteroatoms. The zero-order chi connectivity index (χ0) is 29.6. The number of hydrogen-bond donors (Lipinski definition) is 0. The third-order valence-corrected chi connectivity index (χ3v) is 12.9. The Labute approximate surface area is 240 Å². The molecular formula is C32H44N2O5Si. The number of fused-ring (bicyclic) bond motifs is 1. The number of amides is 1. The van der Waals surface area contributed by atoms with Gasteiger partial charge in [0, 0.05) is 0 Å². The van der Waals surface area contributed by atoms with Gasteiger partial charge in [0.25, 0.3) is 8.32 Å². The fraction of sp³-hybridized carbons (Fsp3) is 0.562. The number of ether oxygens (including phenoxy) is 3. The van der Waals surface area contributed by atoms with E-state index in [0.717, 1.165) is 10.4 Å². The first-order valence-electron chi connectivity index (χ1n) is 14.1. The normalized spacial score (nSPS) is 26.3. The van der Waals surface area contributed by atoms with Gasteiger partial charge in [-0.1, -0.05) is 81.4 Å². The van der Waals surface area contributed by atoms with Crippen molar-refractivity contribution in [1.82, 2.24) is 4.90 Å². The maximum atomic E-state index is 13.8. The molecule has 2 fully saturated rings. The summed E-state index contributed by atoms with van der Waals surface area (Å²) in [7, 11) is -2.91. The highest BCUT2D eigenvalue weighted by Crippen LogP contribution is 2.50. The number of rotatable bonds is 6. The second-order valence-corrected chi connectivity index (χ2v) is 17.8. The Morgan fingerprint density at radius 3 is 1.95 bits per heavy atom.